The number of hydrogen-bond acceptors (Lipinski definition) is 4. The standard InChI is InChI=1S/C27H35N3O2/c1-30(16-7-14-25-28-23-12-6-13-24(32-2)26(23)29-25)17-15-27(31)18-19-8-5-11-22(27)21-10-4-3-9-20(19)21/h3-4,6,9-10,12-13,19,22,31H,5,7-8,11,14-18H2,1-2H3,(H,28,29)/t19-,22-,27-/m1/s1. The Bertz CT molecular complexity index is 1080. The van der Waals surface area contributed by atoms with E-state index >= 15 is 0 Å². The van der Waals surface area contributed by atoms with Crippen LogP contribution < -0.4 is 4.74 Å². The zero-order valence-corrected chi connectivity index (χ0v) is 19.3. The van der Waals surface area contributed by atoms with E-state index < -0.39 is 5.60 Å². The minimum absolute atomic E-state index is 0.288. The zero-order chi connectivity index (χ0) is 22.1. The van der Waals surface area contributed by atoms with Crippen molar-refractivity contribution in [3.05, 3.63) is 59.4 Å². The number of H-pyrrole nitrogens is 1. The number of fused-ring (bicyclic) bond motifs is 4. The molecular weight excluding hydrogens is 398 g/mol. The topological polar surface area (TPSA) is 61.4 Å². The highest BCUT2D eigenvalue weighted by atomic mass is 16.5. The minimum atomic E-state index is -0.570. The van der Waals surface area contributed by atoms with Crippen LogP contribution in [0.1, 0.15) is 67.3 Å². The second-order valence-corrected chi connectivity index (χ2v) is 9.81. The van der Waals surface area contributed by atoms with Crippen molar-refractivity contribution >= 4 is 11.0 Å². The Kier molecular flexibility index (Phi) is 5.95. The van der Waals surface area contributed by atoms with E-state index in [2.05, 4.69) is 41.2 Å². The van der Waals surface area contributed by atoms with Crippen molar-refractivity contribution < 1.29 is 9.84 Å². The van der Waals surface area contributed by atoms with Crippen LogP contribution in [-0.4, -0.2) is 52.8 Å². The molecule has 3 aliphatic rings. The van der Waals surface area contributed by atoms with Gasteiger partial charge in [0.2, 0.25) is 0 Å². The maximum absolute atomic E-state index is 11.7. The third-order valence-corrected chi connectivity index (χ3v) is 7.73. The van der Waals surface area contributed by atoms with Gasteiger partial charge in [0.15, 0.2) is 0 Å². The molecule has 2 bridgehead atoms. The number of para-hydroxylation sites is 1. The summed E-state index contributed by atoms with van der Waals surface area (Å²) >= 11 is 0. The molecule has 170 valence electrons. The van der Waals surface area contributed by atoms with E-state index in [1.807, 2.05) is 18.2 Å². The Morgan fingerprint density at radius 3 is 2.81 bits per heavy atom. The van der Waals surface area contributed by atoms with Gasteiger partial charge in [0.1, 0.15) is 17.1 Å². The third kappa shape index (κ3) is 4.04. The van der Waals surface area contributed by atoms with Gasteiger partial charge < -0.3 is 19.7 Å². The zero-order valence-electron chi connectivity index (χ0n) is 19.3. The molecule has 0 saturated heterocycles. The van der Waals surface area contributed by atoms with Crippen molar-refractivity contribution in [3.8, 4) is 5.75 Å². The Morgan fingerprint density at radius 2 is 1.97 bits per heavy atom. The molecule has 6 rings (SSSR count). The quantitative estimate of drug-likeness (QED) is 0.524. The van der Waals surface area contributed by atoms with Gasteiger partial charge in [-0.3, -0.25) is 0 Å². The average molecular weight is 434 g/mol. The Labute approximate surface area is 190 Å². The van der Waals surface area contributed by atoms with E-state index in [1.165, 1.54) is 24.0 Å². The highest BCUT2D eigenvalue weighted by Gasteiger charge is 2.46. The number of aryl methyl sites for hydroxylation is 1. The number of hydrogen-bond donors (Lipinski definition) is 2. The molecule has 1 saturated carbocycles. The number of nitrogens with one attached hydrogen (secondary N) is 1. The predicted octanol–water partition coefficient (Wildman–Crippen LogP) is 5.01. The van der Waals surface area contributed by atoms with Crippen LogP contribution in [0.15, 0.2) is 42.5 Å². The summed E-state index contributed by atoms with van der Waals surface area (Å²) < 4.78 is 5.42. The smallest absolute Gasteiger partial charge is 0.146 e. The Balaban J connectivity index is 1.17. The summed E-state index contributed by atoms with van der Waals surface area (Å²) in [7, 11) is 3.86. The van der Waals surface area contributed by atoms with E-state index in [-0.39, 0.29) is 5.92 Å². The highest BCUT2D eigenvalue weighted by molar-refractivity contribution is 5.81. The van der Waals surface area contributed by atoms with Gasteiger partial charge in [0, 0.05) is 18.9 Å². The molecule has 2 aromatic carbocycles. The molecule has 3 atom stereocenters. The van der Waals surface area contributed by atoms with E-state index in [1.54, 1.807) is 7.11 Å². The number of aliphatic hydroxyl groups is 1. The van der Waals surface area contributed by atoms with Crippen LogP contribution in [0.4, 0.5) is 0 Å². The second kappa shape index (κ2) is 8.87. The van der Waals surface area contributed by atoms with Crippen molar-refractivity contribution in [2.45, 2.75) is 62.4 Å². The van der Waals surface area contributed by atoms with Crippen LogP contribution in [0.2, 0.25) is 0 Å². The first-order valence-electron chi connectivity index (χ1n) is 12.1. The Morgan fingerprint density at radius 1 is 1.12 bits per heavy atom. The molecule has 5 nitrogen and oxygen atoms in total. The van der Waals surface area contributed by atoms with Gasteiger partial charge >= 0.3 is 0 Å². The number of ether oxygens (including phenoxy) is 1. The molecule has 1 heterocycles. The summed E-state index contributed by atoms with van der Waals surface area (Å²) in [6, 6.07) is 14.8. The van der Waals surface area contributed by atoms with Gasteiger partial charge in [0.05, 0.1) is 18.2 Å². The fourth-order valence-electron chi connectivity index (χ4n) is 6.05. The minimum Gasteiger partial charge on any atom is -0.494 e. The van der Waals surface area contributed by atoms with Crippen molar-refractivity contribution in [2.75, 3.05) is 27.2 Å². The molecule has 1 fully saturated rings. The van der Waals surface area contributed by atoms with Crippen molar-refractivity contribution in [2.24, 2.45) is 0 Å². The van der Waals surface area contributed by atoms with Gasteiger partial charge in [0.25, 0.3) is 0 Å². The maximum Gasteiger partial charge on any atom is 0.146 e. The number of aromatic amines is 1. The molecule has 32 heavy (non-hydrogen) atoms. The summed E-state index contributed by atoms with van der Waals surface area (Å²) in [4.78, 5) is 10.5. The number of methoxy groups -OCH3 is 1. The van der Waals surface area contributed by atoms with E-state index in [0.717, 1.165) is 67.8 Å². The molecule has 0 amide bonds. The lowest BCUT2D eigenvalue weighted by Crippen LogP contribution is -2.43. The third-order valence-electron chi connectivity index (χ3n) is 7.73. The molecule has 0 radical (unpaired) electrons. The molecule has 5 heteroatoms. The van der Waals surface area contributed by atoms with Gasteiger partial charge in [-0.1, -0.05) is 36.8 Å². The molecule has 0 aliphatic heterocycles. The number of benzene rings is 2. The molecule has 1 aromatic heterocycles. The van der Waals surface area contributed by atoms with Gasteiger partial charge in [-0.25, -0.2) is 4.98 Å². The summed E-state index contributed by atoms with van der Waals surface area (Å²) in [5, 5.41) is 11.7. The first-order chi connectivity index (χ1) is 15.6. The number of aromatic nitrogens is 2. The fraction of sp³-hybridized carbons (Fsp3) is 0.519. The Hall–Kier alpha value is -2.37. The average Bonchev–Trinajstić information content (AvgIpc) is 3.03. The highest BCUT2D eigenvalue weighted by Crippen LogP contribution is 2.53. The van der Waals surface area contributed by atoms with Crippen LogP contribution in [0.25, 0.3) is 11.0 Å². The number of nitrogens with zero attached hydrogens (tertiary/aromatic N) is 2. The molecule has 0 spiro atoms. The van der Waals surface area contributed by atoms with Crippen molar-refractivity contribution in [1.82, 2.24) is 14.9 Å². The monoisotopic (exact) mass is 433 g/mol. The lowest BCUT2D eigenvalue weighted by atomic mass is 9.67. The number of rotatable bonds is 8. The molecule has 3 aliphatic carbocycles. The largest absolute Gasteiger partial charge is 0.494 e. The summed E-state index contributed by atoms with van der Waals surface area (Å²) in [5.41, 5.74) is 4.27. The molecule has 3 aromatic rings. The summed E-state index contributed by atoms with van der Waals surface area (Å²) in [5.74, 6) is 2.63. The summed E-state index contributed by atoms with van der Waals surface area (Å²) in [6.45, 7) is 1.92. The SMILES string of the molecule is COc1cccc2[nH]c(CCCN(C)CC[C@@]3(O)C[C@H]4CCC[C@@H]3c3ccccc34)nc12. The van der Waals surface area contributed by atoms with Crippen LogP contribution in [-0.2, 0) is 6.42 Å². The van der Waals surface area contributed by atoms with Crippen LogP contribution >= 0.6 is 0 Å². The molecule has 2 N–H and O–H groups in total. The van der Waals surface area contributed by atoms with Crippen LogP contribution in [0.5, 0.6) is 5.75 Å². The lowest BCUT2D eigenvalue weighted by Gasteiger charge is -2.43. The fourth-order valence-corrected chi connectivity index (χ4v) is 6.05. The molecular formula is C27H35N3O2. The maximum atomic E-state index is 11.7. The normalized spacial score (nSPS) is 24.6. The lowest BCUT2D eigenvalue weighted by molar-refractivity contribution is -0.0194. The van der Waals surface area contributed by atoms with Gasteiger partial charge in [-0.05, 0) is 74.9 Å². The first-order valence-corrected chi connectivity index (χ1v) is 12.1. The predicted molar refractivity (Wildman–Crippen MR) is 128 cm³/mol. The second-order valence-electron chi connectivity index (χ2n) is 9.81. The number of imidazole rings is 1. The van der Waals surface area contributed by atoms with Crippen LogP contribution in [0.3, 0.4) is 0 Å². The van der Waals surface area contributed by atoms with E-state index in [9.17, 15) is 5.11 Å². The molecule has 0 unspecified atom stereocenters. The van der Waals surface area contributed by atoms with Crippen molar-refractivity contribution in [3.63, 3.8) is 0 Å². The van der Waals surface area contributed by atoms with Gasteiger partial charge in [-0.2, -0.15) is 0 Å². The van der Waals surface area contributed by atoms with Crippen molar-refractivity contribution in [1.29, 1.82) is 0 Å². The van der Waals surface area contributed by atoms with E-state index in [4.69, 9.17) is 9.72 Å². The summed E-state index contributed by atoms with van der Waals surface area (Å²) in [6.07, 6.45) is 7.27. The van der Waals surface area contributed by atoms with E-state index in [0.29, 0.717) is 5.92 Å². The van der Waals surface area contributed by atoms with Gasteiger partial charge in [-0.15, -0.1) is 0 Å². The van der Waals surface area contributed by atoms with Crippen LogP contribution in [0, 0.1) is 0 Å². The first kappa shape index (κ1) is 21.5.